The van der Waals surface area contributed by atoms with E-state index in [0.717, 1.165) is 42.9 Å². The average molecular weight is 350 g/mol. The maximum atomic E-state index is 12.4. The van der Waals surface area contributed by atoms with E-state index in [0.29, 0.717) is 6.54 Å². The molecule has 0 aliphatic carbocycles. The van der Waals surface area contributed by atoms with Gasteiger partial charge in [-0.05, 0) is 36.6 Å². The van der Waals surface area contributed by atoms with Crippen molar-refractivity contribution in [3.8, 4) is 5.75 Å². The Morgan fingerprint density at radius 2 is 1.96 bits per heavy atom. The summed E-state index contributed by atoms with van der Waals surface area (Å²) in [6.45, 7) is 5.27. The normalized spacial score (nSPS) is 14.6. The highest BCUT2D eigenvalue weighted by Gasteiger charge is 2.17. The van der Waals surface area contributed by atoms with Crippen molar-refractivity contribution in [1.82, 2.24) is 10.2 Å². The lowest BCUT2D eigenvalue weighted by molar-refractivity contribution is -0.117. The molecule has 2 aromatic carbocycles. The van der Waals surface area contributed by atoms with Crippen LogP contribution >= 0.6 is 0 Å². The van der Waals surface area contributed by atoms with Crippen molar-refractivity contribution in [2.24, 2.45) is 0 Å². The number of amides is 1. The third kappa shape index (κ3) is 4.96. The van der Waals surface area contributed by atoms with Crippen LogP contribution in [0.1, 0.15) is 23.1 Å². The molecule has 26 heavy (non-hydrogen) atoms. The molecule has 0 saturated carbocycles. The maximum Gasteiger partial charge on any atom is 0.247 e. The molecule has 0 radical (unpaired) electrons. The van der Waals surface area contributed by atoms with Gasteiger partial charge in [0.2, 0.25) is 5.91 Å². The predicted octanol–water partition coefficient (Wildman–Crippen LogP) is 3.45. The average Bonchev–Trinajstić information content (AvgIpc) is 2.68. The largest absolute Gasteiger partial charge is 0.497 e. The third-order valence-electron chi connectivity index (χ3n) is 4.70. The van der Waals surface area contributed by atoms with Crippen LogP contribution in [0.25, 0.3) is 0 Å². The van der Waals surface area contributed by atoms with Gasteiger partial charge in [0.15, 0.2) is 0 Å². The molecule has 0 aromatic heterocycles. The number of hydrogen-bond acceptors (Lipinski definition) is 3. The molecule has 1 aliphatic rings. The van der Waals surface area contributed by atoms with Gasteiger partial charge < -0.3 is 10.1 Å². The van der Waals surface area contributed by atoms with E-state index in [1.807, 2.05) is 24.3 Å². The van der Waals surface area contributed by atoms with Crippen LogP contribution in [-0.4, -0.2) is 31.0 Å². The summed E-state index contributed by atoms with van der Waals surface area (Å²) in [5, 5.41) is 3.01. The Morgan fingerprint density at radius 1 is 1.15 bits per heavy atom. The summed E-state index contributed by atoms with van der Waals surface area (Å²) in [5.41, 5.74) is 4.51. The van der Waals surface area contributed by atoms with Crippen molar-refractivity contribution in [1.29, 1.82) is 0 Å². The fourth-order valence-electron chi connectivity index (χ4n) is 3.09. The quantitative estimate of drug-likeness (QED) is 0.868. The number of carbonyl (C=O) groups excluding carboxylic acids is 1. The lowest BCUT2D eigenvalue weighted by Crippen LogP contribution is -2.33. The maximum absolute atomic E-state index is 12.4. The molecule has 1 heterocycles. The van der Waals surface area contributed by atoms with Crippen LogP contribution in [0.5, 0.6) is 5.75 Å². The van der Waals surface area contributed by atoms with Gasteiger partial charge in [-0.2, -0.15) is 0 Å². The molecule has 0 unspecified atom stereocenters. The Hall–Kier alpha value is -2.59. The van der Waals surface area contributed by atoms with Crippen molar-refractivity contribution in [3.05, 3.63) is 76.9 Å². The van der Waals surface area contributed by atoms with Crippen LogP contribution in [0.4, 0.5) is 0 Å². The van der Waals surface area contributed by atoms with Crippen LogP contribution in [-0.2, 0) is 17.9 Å². The Kier molecular flexibility index (Phi) is 6.08. The zero-order valence-electron chi connectivity index (χ0n) is 15.5. The first-order valence-electron chi connectivity index (χ1n) is 9.02. The molecule has 0 spiro atoms. The SMILES string of the molecule is COc1cccc(CNC(=O)C2=CCN(Cc3ccc(C)cc3)CC2)c1. The first kappa shape index (κ1) is 18.2. The predicted molar refractivity (Wildman–Crippen MR) is 104 cm³/mol. The molecule has 0 atom stereocenters. The standard InChI is InChI=1S/C22H26N2O2/c1-17-6-8-18(9-7-17)16-24-12-10-20(11-13-24)22(25)23-15-19-4-3-5-21(14-19)26-2/h3-10,14H,11-13,15-16H2,1-2H3,(H,23,25). The van der Waals surface area contributed by atoms with Crippen LogP contribution in [0.2, 0.25) is 0 Å². The summed E-state index contributed by atoms with van der Waals surface area (Å²) in [6.07, 6.45) is 2.84. The molecule has 4 heteroatoms. The Morgan fingerprint density at radius 3 is 2.65 bits per heavy atom. The number of ether oxygens (including phenoxy) is 1. The van der Waals surface area contributed by atoms with Crippen molar-refractivity contribution in [2.45, 2.75) is 26.4 Å². The van der Waals surface area contributed by atoms with Crippen LogP contribution in [0.3, 0.4) is 0 Å². The Balaban J connectivity index is 1.49. The van der Waals surface area contributed by atoms with Gasteiger partial charge in [0, 0.05) is 31.8 Å². The molecule has 3 rings (SSSR count). The second kappa shape index (κ2) is 8.68. The summed E-state index contributed by atoms with van der Waals surface area (Å²) in [5.74, 6) is 0.836. The number of hydrogen-bond donors (Lipinski definition) is 1. The fourth-order valence-corrected chi connectivity index (χ4v) is 3.09. The van der Waals surface area contributed by atoms with Crippen molar-refractivity contribution < 1.29 is 9.53 Å². The summed E-state index contributed by atoms with van der Waals surface area (Å²) >= 11 is 0. The minimum absolute atomic E-state index is 0.0304. The van der Waals surface area contributed by atoms with Crippen molar-refractivity contribution in [3.63, 3.8) is 0 Å². The van der Waals surface area contributed by atoms with Gasteiger partial charge in [-0.3, -0.25) is 9.69 Å². The fraction of sp³-hybridized carbons (Fsp3) is 0.318. The van der Waals surface area contributed by atoms with E-state index < -0.39 is 0 Å². The highest BCUT2D eigenvalue weighted by molar-refractivity contribution is 5.93. The lowest BCUT2D eigenvalue weighted by Gasteiger charge is -2.26. The molecule has 1 N–H and O–H groups in total. The molecule has 0 saturated heterocycles. The van der Waals surface area contributed by atoms with Gasteiger partial charge in [-0.25, -0.2) is 0 Å². The minimum Gasteiger partial charge on any atom is -0.497 e. The van der Waals surface area contributed by atoms with Gasteiger partial charge in [0.1, 0.15) is 5.75 Å². The number of rotatable bonds is 6. The lowest BCUT2D eigenvalue weighted by atomic mass is 10.1. The van der Waals surface area contributed by atoms with E-state index in [9.17, 15) is 4.79 Å². The van der Waals surface area contributed by atoms with Gasteiger partial charge in [-0.15, -0.1) is 0 Å². The zero-order valence-corrected chi connectivity index (χ0v) is 15.5. The van der Waals surface area contributed by atoms with Crippen LogP contribution in [0.15, 0.2) is 60.2 Å². The van der Waals surface area contributed by atoms with Crippen LogP contribution in [0, 0.1) is 6.92 Å². The summed E-state index contributed by atoms with van der Waals surface area (Å²) in [4.78, 5) is 14.8. The van der Waals surface area contributed by atoms with Gasteiger partial charge in [0.05, 0.1) is 7.11 Å². The van der Waals surface area contributed by atoms with Gasteiger partial charge in [0.25, 0.3) is 0 Å². The first-order valence-corrected chi connectivity index (χ1v) is 9.02. The molecule has 136 valence electrons. The molecule has 1 aliphatic heterocycles. The number of aryl methyl sites for hydroxylation is 1. The van der Waals surface area contributed by atoms with E-state index in [2.05, 4.69) is 47.5 Å². The molecule has 1 amide bonds. The highest BCUT2D eigenvalue weighted by Crippen LogP contribution is 2.16. The minimum atomic E-state index is 0.0304. The van der Waals surface area contributed by atoms with E-state index >= 15 is 0 Å². The monoisotopic (exact) mass is 350 g/mol. The number of methoxy groups -OCH3 is 1. The second-order valence-corrected chi connectivity index (χ2v) is 6.73. The number of nitrogens with one attached hydrogen (secondary N) is 1. The number of carbonyl (C=O) groups is 1. The summed E-state index contributed by atoms with van der Waals surface area (Å²) in [6, 6.07) is 16.4. The molecular weight excluding hydrogens is 324 g/mol. The number of benzene rings is 2. The Bertz CT molecular complexity index is 781. The molecular formula is C22H26N2O2. The van der Waals surface area contributed by atoms with Crippen molar-refractivity contribution >= 4 is 5.91 Å². The molecule has 2 aromatic rings. The summed E-state index contributed by atoms with van der Waals surface area (Å²) < 4.78 is 5.22. The Labute approximate surface area is 155 Å². The molecule has 0 fully saturated rings. The van der Waals surface area contributed by atoms with Gasteiger partial charge in [-0.1, -0.05) is 48.0 Å². The van der Waals surface area contributed by atoms with Crippen LogP contribution < -0.4 is 10.1 Å². The van der Waals surface area contributed by atoms with Crippen molar-refractivity contribution in [2.75, 3.05) is 20.2 Å². The highest BCUT2D eigenvalue weighted by atomic mass is 16.5. The second-order valence-electron chi connectivity index (χ2n) is 6.73. The van der Waals surface area contributed by atoms with Gasteiger partial charge >= 0.3 is 0 Å². The topological polar surface area (TPSA) is 41.6 Å². The summed E-state index contributed by atoms with van der Waals surface area (Å²) in [7, 11) is 1.65. The third-order valence-corrected chi connectivity index (χ3v) is 4.70. The van der Waals surface area contributed by atoms with E-state index in [1.54, 1.807) is 7.11 Å². The van der Waals surface area contributed by atoms with E-state index in [-0.39, 0.29) is 5.91 Å². The first-order chi connectivity index (χ1) is 12.6. The number of nitrogens with zero attached hydrogens (tertiary/aromatic N) is 1. The molecule has 0 bridgehead atoms. The van der Waals surface area contributed by atoms with E-state index in [4.69, 9.17) is 4.74 Å². The smallest absolute Gasteiger partial charge is 0.247 e. The molecule has 4 nitrogen and oxygen atoms in total. The van der Waals surface area contributed by atoms with E-state index in [1.165, 1.54) is 11.1 Å². The zero-order chi connectivity index (χ0) is 18.4.